The molecular formula is C23H16N2O3. The Morgan fingerprint density at radius 3 is 2.14 bits per heavy atom. The zero-order valence-corrected chi connectivity index (χ0v) is 15.2. The number of methoxy groups -OCH3 is 1. The van der Waals surface area contributed by atoms with Crippen LogP contribution in [0.5, 0.6) is 0 Å². The molecule has 28 heavy (non-hydrogen) atoms. The van der Waals surface area contributed by atoms with Crippen LogP contribution in [0.3, 0.4) is 0 Å². The Labute approximate surface area is 162 Å². The molecule has 0 fully saturated rings. The number of fused-ring (bicyclic) bond motifs is 1. The van der Waals surface area contributed by atoms with Crippen LogP contribution in [0.4, 0.5) is 0 Å². The van der Waals surface area contributed by atoms with Gasteiger partial charge in [0.05, 0.1) is 30.4 Å². The Balaban J connectivity index is 1.67. The Hall–Kier alpha value is -3.83. The van der Waals surface area contributed by atoms with Crippen molar-refractivity contribution >= 4 is 17.3 Å². The first-order valence-corrected chi connectivity index (χ1v) is 8.79. The number of nitriles is 2. The third-order valence-electron chi connectivity index (χ3n) is 5.23. The third-order valence-corrected chi connectivity index (χ3v) is 5.23. The van der Waals surface area contributed by atoms with E-state index >= 15 is 0 Å². The van der Waals surface area contributed by atoms with Gasteiger partial charge in [-0.3, -0.25) is 4.79 Å². The number of rotatable bonds is 3. The second-order valence-corrected chi connectivity index (χ2v) is 6.83. The molecule has 0 saturated carbocycles. The molecule has 0 bridgehead atoms. The molecule has 5 heteroatoms. The third kappa shape index (κ3) is 2.74. The molecule has 2 aromatic carbocycles. The lowest BCUT2D eigenvalue weighted by Gasteiger charge is -2.23. The van der Waals surface area contributed by atoms with Crippen molar-refractivity contribution in [3.63, 3.8) is 0 Å². The van der Waals surface area contributed by atoms with Gasteiger partial charge in [-0.2, -0.15) is 10.5 Å². The number of nitrogens with zero attached hydrogens (tertiary/aromatic N) is 2. The molecule has 4 rings (SSSR count). The van der Waals surface area contributed by atoms with E-state index in [-0.39, 0.29) is 5.97 Å². The smallest absolute Gasteiger partial charge is 0.320 e. The van der Waals surface area contributed by atoms with Crippen LogP contribution in [0, 0.1) is 28.1 Å². The van der Waals surface area contributed by atoms with Gasteiger partial charge in [0.25, 0.3) is 0 Å². The molecule has 0 N–H and O–H groups in total. The predicted molar refractivity (Wildman–Crippen MR) is 102 cm³/mol. The summed E-state index contributed by atoms with van der Waals surface area (Å²) < 4.78 is 11.2. The minimum Gasteiger partial charge on any atom is -0.484 e. The molecule has 0 saturated heterocycles. The number of carbonyl (C=O) groups is 1. The molecule has 0 radical (unpaired) electrons. The first kappa shape index (κ1) is 17.6. The van der Waals surface area contributed by atoms with Gasteiger partial charge in [-0.05, 0) is 66.1 Å². The first-order valence-electron chi connectivity index (χ1n) is 8.79. The maximum absolute atomic E-state index is 12.7. The monoisotopic (exact) mass is 368 g/mol. The largest absolute Gasteiger partial charge is 0.484 e. The van der Waals surface area contributed by atoms with Crippen LogP contribution in [-0.4, -0.2) is 19.2 Å². The molecule has 0 unspecified atom stereocenters. The van der Waals surface area contributed by atoms with Crippen LogP contribution in [0.15, 0.2) is 60.7 Å². The minimum absolute atomic E-state index is 0.346. The van der Waals surface area contributed by atoms with Crippen LogP contribution >= 0.6 is 0 Å². The molecule has 0 aromatic heterocycles. The number of allylic oxidation sites excluding steroid dienone is 1. The van der Waals surface area contributed by atoms with Crippen LogP contribution in [0.2, 0.25) is 0 Å². The van der Waals surface area contributed by atoms with Crippen molar-refractivity contribution < 1.29 is 14.3 Å². The Bertz CT molecular complexity index is 1080. The van der Waals surface area contributed by atoms with Gasteiger partial charge < -0.3 is 9.47 Å². The molecule has 2 atom stereocenters. The summed E-state index contributed by atoms with van der Waals surface area (Å²) in [5.41, 5.74) is 2.98. The van der Waals surface area contributed by atoms with E-state index in [1.54, 1.807) is 24.3 Å². The summed E-state index contributed by atoms with van der Waals surface area (Å²) in [6, 6.07) is 18.5. The highest BCUT2D eigenvalue weighted by atomic mass is 16.5. The van der Waals surface area contributed by atoms with E-state index in [0.29, 0.717) is 23.3 Å². The number of ether oxygens (including phenoxy) is 2. The number of esters is 1. The highest BCUT2D eigenvalue weighted by Crippen LogP contribution is 2.52. The number of hydrogen-bond acceptors (Lipinski definition) is 5. The number of benzene rings is 2. The van der Waals surface area contributed by atoms with Gasteiger partial charge in [0.1, 0.15) is 17.3 Å². The van der Waals surface area contributed by atoms with Crippen molar-refractivity contribution in [2.45, 2.75) is 12.5 Å². The summed E-state index contributed by atoms with van der Waals surface area (Å²) >= 11 is 0. The second-order valence-electron chi connectivity index (χ2n) is 6.83. The lowest BCUT2D eigenvalue weighted by atomic mass is 9.82. The second kappa shape index (κ2) is 6.72. The first-order chi connectivity index (χ1) is 13.6. The van der Waals surface area contributed by atoms with Gasteiger partial charge in [-0.1, -0.05) is 12.1 Å². The molecule has 2 aliphatic rings. The summed E-state index contributed by atoms with van der Waals surface area (Å²) in [5, 5.41) is 17.9. The SMILES string of the molecule is COC(=O)[C@]12C=C(c3ccc(C#N)cc3)O[C@H]1C=C(c1ccc(C#N)cc1)C2. The summed E-state index contributed by atoms with van der Waals surface area (Å²) in [6.45, 7) is 0. The average Bonchev–Trinajstić information content (AvgIpc) is 3.29. The van der Waals surface area contributed by atoms with Crippen LogP contribution < -0.4 is 0 Å². The van der Waals surface area contributed by atoms with E-state index in [1.807, 2.05) is 36.4 Å². The normalized spacial score (nSPS) is 22.2. The Morgan fingerprint density at radius 1 is 1.04 bits per heavy atom. The van der Waals surface area contributed by atoms with Crippen molar-refractivity contribution in [3.05, 3.63) is 82.9 Å². The van der Waals surface area contributed by atoms with Gasteiger partial charge in [0.2, 0.25) is 0 Å². The van der Waals surface area contributed by atoms with Crippen LogP contribution in [-0.2, 0) is 14.3 Å². The lowest BCUT2D eigenvalue weighted by Crippen LogP contribution is -2.35. The molecular weight excluding hydrogens is 352 g/mol. The molecule has 0 spiro atoms. The van der Waals surface area contributed by atoms with Crippen molar-refractivity contribution in [2.75, 3.05) is 7.11 Å². The number of carbonyl (C=O) groups excluding carboxylic acids is 1. The topological polar surface area (TPSA) is 83.1 Å². The highest BCUT2D eigenvalue weighted by Gasteiger charge is 2.54. The summed E-state index contributed by atoms with van der Waals surface area (Å²) in [4.78, 5) is 12.7. The minimum atomic E-state index is -0.915. The molecule has 1 aliphatic heterocycles. The summed E-state index contributed by atoms with van der Waals surface area (Å²) in [5.74, 6) is 0.260. The zero-order chi connectivity index (χ0) is 19.7. The van der Waals surface area contributed by atoms with Gasteiger partial charge in [0.15, 0.2) is 0 Å². The quantitative estimate of drug-likeness (QED) is 0.769. The average molecular weight is 368 g/mol. The maximum Gasteiger partial charge on any atom is 0.320 e. The Kier molecular flexibility index (Phi) is 4.22. The van der Waals surface area contributed by atoms with E-state index in [9.17, 15) is 4.79 Å². The highest BCUT2D eigenvalue weighted by molar-refractivity contribution is 5.90. The van der Waals surface area contributed by atoms with E-state index in [1.165, 1.54) is 7.11 Å². The molecule has 1 heterocycles. The Morgan fingerprint density at radius 2 is 1.61 bits per heavy atom. The van der Waals surface area contributed by atoms with E-state index in [4.69, 9.17) is 20.0 Å². The molecule has 2 aromatic rings. The van der Waals surface area contributed by atoms with E-state index < -0.39 is 11.5 Å². The van der Waals surface area contributed by atoms with Crippen molar-refractivity contribution in [2.24, 2.45) is 5.41 Å². The fourth-order valence-electron chi connectivity index (χ4n) is 3.74. The van der Waals surface area contributed by atoms with Crippen molar-refractivity contribution in [1.29, 1.82) is 10.5 Å². The fourth-order valence-corrected chi connectivity index (χ4v) is 3.74. The molecule has 136 valence electrons. The van der Waals surface area contributed by atoms with Crippen molar-refractivity contribution in [3.8, 4) is 12.1 Å². The summed E-state index contributed by atoms with van der Waals surface area (Å²) in [6.07, 6.45) is 3.77. The van der Waals surface area contributed by atoms with Gasteiger partial charge in [-0.25, -0.2) is 0 Å². The fraction of sp³-hybridized carbons (Fsp3) is 0.174. The number of hydrogen-bond donors (Lipinski definition) is 0. The standard InChI is InChI=1S/C23H16N2O3/c1-27-22(26)23-11-19(17-6-2-15(13-24)3-7-17)10-21(23)28-20(12-23)18-8-4-16(14-25)5-9-18/h2-10,12,21H,11H2,1H3/t21-,23+/m0/s1. The van der Waals surface area contributed by atoms with E-state index in [0.717, 1.165) is 16.7 Å². The molecule has 1 aliphatic carbocycles. The van der Waals surface area contributed by atoms with Gasteiger partial charge in [0, 0.05) is 5.56 Å². The predicted octanol–water partition coefficient (Wildman–Crippen LogP) is 3.82. The van der Waals surface area contributed by atoms with Crippen molar-refractivity contribution in [1.82, 2.24) is 0 Å². The maximum atomic E-state index is 12.7. The lowest BCUT2D eigenvalue weighted by molar-refractivity contribution is -0.151. The zero-order valence-electron chi connectivity index (χ0n) is 15.2. The van der Waals surface area contributed by atoms with E-state index in [2.05, 4.69) is 12.1 Å². The summed E-state index contributed by atoms with van der Waals surface area (Å²) in [7, 11) is 1.38. The van der Waals surface area contributed by atoms with Gasteiger partial charge >= 0.3 is 5.97 Å². The molecule has 0 amide bonds. The molecule has 5 nitrogen and oxygen atoms in total. The van der Waals surface area contributed by atoms with Crippen LogP contribution in [0.1, 0.15) is 28.7 Å². The van der Waals surface area contributed by atoms with Gasteiger partial charge in [-0.15, -0.1) is 0 Å². The van der Waals surface area contributed by atoms with Crippen LogP contribution in [0.25, 0.3) is 11.3 Å².